The predicted octanol–water partition coefficient (Wildman–Crippen LogP) is 1.68. The first-order valence-corrected chi connectivity index (χ1v) is 6.45. The number of nitrogens with one attached hydrogen (secondary N) is 2. The van der Waals surface area contributed by atoms with Crippen LogP contribution in [0.2, 0.25) is 0 Å². The van der Waals surface area contributed by atoms with E-state index in [4.69, 9.17) is 4.74 Å². The first kappa shape index (κ1) is 13.1. The molecule has 0 radical (unpaired) electrons. The third-order valence-electron chi connectivity index (χ3n) is 3.67. The van der Waals surface area contributed by atoms with Gasteiger partial charge in [-0.3, -0.25) is 0 Å². The van der Waals surface area contributed by atoms with E-state index in [1.54, 1.807) is 7.11 Å². The van der Waals surface area contributed by atoms with Gasteiger partial charge >= 0.3 is 0 Å². The van der Waals surface area contributed by atoms with E-state index in [0.717, 1.165) is 18.9 Å². The van der Waals surface area contributed by atoms with E-state index in [1.165, 1.54) is 19.2 Å². The standard InChI is InChI=1S/C13H22N4O/c1-13(2)5-4-6-14-10(13)8-15-11-7-12(18-3)17-9-16-11/h7,9-10,14H,4-6,8H2,1-3H3,(H,15,16,17). The van der Waals surface area contributed by atoms with E-state index in [9.17, 15) is 0 Å². The van der Waals surface area contributed by atoms with Crippen molar-refractivity contribution in [1.29, 1.82) is 0 Å². The minimum Gasteiger partial charge on any atom is -0.481 e. The average molecular weight is 250 g/mol. The third-order valence-corrected chi connectivity index (χ3v) is 3.67. The molecule has 0 amide bonds. The highest BCUT2D eigenvalue weighted by molar-refractivity contribution is 5.37. The van der Waals surface area contributed by atoms with Crippen LogP contribution < -0.4 is 15.4 Å². The van der Waals surface area contributed by atoms with Crippen LogP contribution in [0.25, 0.3) is 0 Å². The van der Waals surface area contributed by atoms with Gasteiger partial charge in [0, 0.05) is 18.7 Å². The molecule has 2 rings (SSSR count). The molecule has 1 fully saturated rings. The molecule has 100 valence electrons. The number of methoxy groups -OCH3 is 1. The molecular formula is C13H22N4O. The summed E-state index contributed by atoms with van der Waals surface area (Å²) in [7, 11) is 1.61. The predicted molar refractivity (Wildman–Crippen MR) is 71.9 cm³/mol. The zero-order chi connectivity index (χ0) is 13.0. The first-order valence-electron chi connectivity index (χ1n) is 6.45. The van der Waals surface area contributed by atoms with E-state index in [2.05, 4.69) is 34.4 Å². The summed E-state index contributed by atoms with van der Waals surface area (Å²) in [5.41, 5.74) is 0.322. The lowest BCUT2D eigenvalue weighted by molar-refractivity contribution is 0.188. The van der Waals surface area contributed by atoms with Crippen LogP contribution in [0, 0.1) is 5.41 Å². The van der Waals surface area contributed by atoms with Gasteiger partial charge in [0.2, 0.25) is 5.88 Å². The summed E-state index contributed by atoms with van der Waals surface area (Å²) in [4.78, 5) is 8.18. The van der Waals surface area contributed by atoms with E-state index < -0.39 is 0 Å². The molecule has 1 aliphatic rings. The molecule has 1 aromatic rings. The van der Waals surface area contributed by atoms with Gasteiger partial charge in [-0.2, -0.15) is 0 Å². The normalized spacial score (nSPS) is 22.5. The third kappa shape index (κ3) is 3.10. The fourth-order valence-corrected chi connectivity index (χ4v) is 2.37. The van der Waals surface area contributed by atoms with Crippen molar-refractivity contribution in [3.8, 4) is 5.88 Å². The van der Waals surface area contributed by atoms with Gasteiger partial charge in [-0.15, -0.1) is 0 Å². The number of hydrogen-bond donors (Lipinski definition) is 2. The highest BCUT2D eigenvalue weighted by atomic mass is 16.5. The Morgan fingerprint density at radius 3 is 3.06 bits per heavy atom. The topological polar surface area (TPSA) is 59.1 Å². The van der Waals surface area contributed by atoms with Gasteiger partial charge in [-0.05, 0) is 24.8 Å². The van der Waals surface area contributed by atoms with Crippen LogP contribution in [0.15, 0.2) is 12.4 Å². The molecule has 1 aliphatic heterocycles. The zero-order valence-corrected chi connectivity index (χ0v) is 11.4. The number of rotatable bonds is 4. The Balaban J connectivity index is 1.94. The quantitative estimate of drug-likeness (QED) is 0.851. The fourth-order valence-electron chi connectivity index (χ4n) is 2.37. The Morgan fingerprint density at radius 1 is 1.50 bits per heavy atom. The van der Waals surface area contributed by atoms with E-state index in [1.807, 2.05) is 6.07 Å². The van der Waals surface area contributed by atoms with Crippen molar-refractivity contribution in [2.75, 3.05) is 25.5 Å². The fraction of sp³-hybridized carbons (Fsp3) is 0.692. The second-order valence-electron chi connectivity index (χ2n) is 5.43. The van der Waals surface area contributed by atoms with Crippen LogP contribution in [0.3, 0.4) is 0 Å². The Hall–Kier alpha value is -1.36. The van der Waals surface area contributed by atoms with Gasteiger partial charge in [-0.1, -0.05) is 13.8 Å². The minimum atomic E-state index is 0.322. The molecule has 0 spiro atoms. The van der Waals surface area contributed by atoms with E-state index >= 15 is 0 Å². The number of nitrogens with zero attached hydrogens (tertiary/aromatic N) is 2. The molecule has 1 atom stereocenters. The molecule has 0 bridgehead atoms. The maximum atomic E-state index is 5.08. The summed E-state index contributed by atoms with van der Waals surface area (Å²) in [5, 5.41) is 6.92. The smallest absolute Gasteiger partial charge is 0.218 e. The van der Waals surface area contributed by atoms with Gasteiger partial charge in [-0.25, -0.2) is 9.97 Å². The molecule has 1 saturated heterocycles. The molecule has 1 aromatic heterocycles. The van der Waals surface area contributed by atoms with E-state index in [-0.39, 0.29) is 0 Å². The molecule has 0 saturated carbocycles. The maximum Gasteiger partial charge on any atom is 0.218 e. The Morgan fingerprint density at radius 2 is 2.33 bits per heavy atom. The lowest BCUT2D eigenvalue weighted by atomic mass is 9.77. The monoisotopic (exact) mass is 250 g/mol. The van der Waals surface area contributed by atoms with Crippen molar-refractivity contribution in [1.82, 2.24) is 15.3 Å². The molecule has 0 aliphatic carbocycles. The van der Waals surface area contributed by atoms with Gasteiger partial charge < -0.3 is 15.4 Å². The summed E-state index contributed by atoms with van der Waals surface area (Å²) >= 11 is 0. The summed E-state index contributed by atoms with van der Waals surface area (Å²) in [6, 6.07) is 2.28. The van der Waals surface area contributed by atoms with Gasteiger partial charge in [0.05, 0.1) is 7.11 Å². The zero-order valence-electron chi connectivity index (χ0n) is 11.4. The molecule has 5 heteroatoms. The maximum absolute atomic E-state index is 5.08. The van der Waals surface area contributed by atoms with Gasteiger partial charge in [0.1, 0.15) is 12.1 Å². The van der Waals surface area contributed by atoms with Crippen molar-refractivity contribution in [2.24, 2.45) is 5.41 Å². The highest BCUT2D eigenvalue weighted by Gasteiger charge is 2.31. The number of ether oxygens (including phenoxy) is 1. The molecule has 1 unspecified atom stereocenters. The highest BCUT2D eigenvalue weighted by Crippen LogP contribution is 2.30. The molecule has 5 nitrogen and oxygen atoms in total. The SMILES string of the molecule is COc1cc(NCC2NCCCC2(C)C)ncn1. The van der Waals surface area contributed by atoms with Crippen molar-refractivity contribution in [3.05, 3.63) is 12.4 Å². The molecular weight excluding hydrogens is 228 g/mol. The lowest BCUT2D eigenvalue weighted by Crippen LogP contribution is -2.50. The van der Waals surface area contributed by atoms with Crippen LogP contribution in [-0.2, 0) is 0 Å². The van der Waals surface area contributed by atoms with Crippen LogP contribution in [0.5, 0.6) is 5.88 Å². The summed E-state index contributed by atoms with van der Waals surface area (Å²) in [5.74, 6) is 1.40. The lowest BCUT2D eigenvalue weighted by Gasteiger charge is -2.39. The van der Waals surface area contributed by atoms with Gasteiger partial charge in [0.15, 0.2) is 0 Å². The molecule has 2 N–H and O–H groups in total. The van der Waals surface area contributed by atoms with Crippen molar-refractivity contribution in [3.63, 3.8) is 0 Å². The minimum absolute atomic E-state index is 0.322. The second-order valence-corrected chi connectivity index (χ2v) is 5.43. The number of hydrogen-bond acceptors (Lipinski definition) is 5. The van der Waals surface area contributed by atoms with Crippen LogP contribution in [0.1, 0.15) is 26.7 Å². The average Bonchev–Trinajstić information content (AvgIpc) is 2.37. The Labute approximate surface area is 108 Å². The first-order chi connectivity index (χ1) is 8.62. The molecule has 0 aromatic carbocycles. The largest absolute Gasteiger partial charge is 0.481 e. The van der Waals surface area contributed by atoms with Crippen LogP contribution in [-0.4, -0.2) is 36.2 Å². The second kappa shape index (κ2) is 5.52. The van der Waals surface area contributed by atoms with Crippen molar-refractivity contribution >= 4 is 5.82 Å². The number of aromatic nitrogens is 2. The van der Waals surface area contributed by atoms with Crippen molar-refractivity contribution in [2.45, 2.75) is 32.7 Å². The van der Waals surface area contributed by atoms with Crippen LogP contribution in [0.4, 0.5) is 5.82 Å². The number of piperidine rings is 1. The summed E-state index contributed by atoms with van der Waals surface area (Å²) in [6.07, 6.45) is 4.03. The van der Waals surface area contributed by atoms with Crippen LogP contribution >= 0.6 is 0 Å². The van der Waals surface area contributed by atoms with Crippen molar-refractivity contribution < 1.29 is 4.74 Å². The Bertz CT molecular complexity index is 394. The molecule has 18 heavy (non-hydrogen) atoms. The van der Waals surface area contributed by atoms with Gasteiger partial charge in [0.25, 0.3) is 0 Å². The summed E-state index contributed by atoms with van der Waals surface area (Å²) in [6.45, 7) is 6.59. The Kier molecular flexibility index (Phi) is 4.01. The summed E-state index contributed by atoms with van der Waals surface area (Å²) < 4.78 is 5.08. The molecule has 2 heterocycles. The number of anilines is 1. The van der Waals surface area contributed by atoms with E-state index in [0.29, 0.717) is 17.3 Å².